The molecular weight excluding hydrogens is 495 g/mol. The van der Waals surface area contributed by atoms with E-state index in [1.807, 2.05) is 25.1 Å². The smallest absolute Gasteiger partial charge is 0.268 e. The van der Waals surface area contributed by atoms with Gasteiger partial charge in [0.1, 0.15) is 11.5 Å². The van der Waals surface area contributed by atoms with Crippen molar-refractivity contribution in [1.82, 2.24) is 9.88 Å². The molecule has 0 bridgehead atoms. The fourth-order valence-electron chi connectivity index (χ4n) is 4.21. The van der Waals surface area contributed by atoms with Crippen molar-refractivity contribution in [3.05, 3.63) is 70.3 Å². The zero-order valence-electron chi connectivity index (χ0n) is 20.8. The summed E-state index contributed by atoms with van der Waals surface area (Å²) in [6, 6.07) is 8.86. The highest BCUT2D eigenvalue weighted by Crippen LogP contribution is 2.33. The largest absolute Gasteiger partial charge is 0.396 e. The molecule has 3 aromatic rings. The number of sulfone groups is 1. The first kappa shape index (κ1) is 26.1. The molecule has 0 radical (unpaired) electrons. The topological polar surface area (TPSA) is 156 Å². The number of anilines is 2. The second-order valence-corrected chi connectivity index (χ2v) is 11.1. The van der Waals surface area contributed by atoms with Crippen LogP contribution < -0.4 is 21.8 Å². The van der Waals surface area contributed by atoms with Crippen LogP contribution in [0, 0.1) is 18.2 Å². The molecule has 194 valence electrons. The van der Waals surface area contributed by atoms with E-state index in [9.17, 15) is 17.6 Å². The Bertz CT molecular complexity index is 1530. The maximum atomic E-state index is 14.3. The molecule has 1 fully saturated rings. The number of rotatable bonds is 9. The summed E-state index contributed by atoms with van der Waals surface area (Å²) in [7, 11) is -2.62. The van der Waals surface area contributed by atoms with E-state index in [4.69, 9.17) is 16.6 Å². The summed E-state index contributed by atoms with van der Waals surface area (Å²) in [6.45, 7) is 3.41. The van der Waals surface area contributed by atoms with Gasteiger partial charge >= 0.3 is 0 Å². The summed E-state index contributed by atoms with van der Waals surface area (Å²) in [5.41, 5.74) is 8.23. The van der Waals surface area contributed by atoms with Gasteiger partial charge in [-0.2, -0.15) is 0 Å². The summed E-state index contributed by atoms with van der Waals surface area (Å²) < 4.78 is 42.5. The SMILES string of the molecule is Cc1c(S(=O)(=O)c2cc(F)c(N)c(C=N)c2)cc(C(=O)N[C@@H](C)c2cccc(C=[NH2+])c2NC2CC2)n1C. The first-order valence-electron chi connectivity index (χ1n) is 11.8. The number of hydrogen-bond acceptors (Lipinski definition) is 6. The van der Waals surface area contributed by atoms with Gasteiger partial charge in [-0.3, -0.25) is 10.2 Å². The first-order chi connectivity index (χ1) is 17.5. The average molecular weight is 526 g/mol. The van der Waals surface area contributed by atoms with E-state index in [0.29, 0.717) is 11.7 Å². The lowest BCUT2D eigenvalue weighted by atomic mass is 10.0. The van der Waals surface area contributed by atoms with Crippen LogP contribution in [0.2, 0.25) is 0 Å². The lowest BCUT2D eigenvalue weighted by molar-refractivity contribution is -0.104. The molecule has 1 saturated carbocycles. The highest BCUT2D eigenvalue weighted by Gasteiger charge is 2.29. The quantitative estimate of drug-likeness (QED) is 0.214. The molecule has 37 heavy (non-hydrogen) atoms. The van der Waals surface area contributed by atoms with Crippen LogP contribution in [0.4, 0.5) is 15.8 Å². The number of benzene rings is 2. The summed E-state index contributed by atoms with van der Waals surface area (Å²) in [4.78, 5) is 12.8. The van der Waals surface area contributed by atoms with Gasteiger partial charge in [0.25, 0.3) is 5.91 Å². The summed E-state index contributed by atoms with van der Waals surface area (Å²) >= 11 is 0. The number of nitrogens with two attached hydrogens (primary N) is 2. The van der Waals surface area contributed by atoms with Crippen molar-refractivity contribution in [2.75, 3.05) is 11.1 Å². The molecule has 0 saturated heterocycles. The molecule has 11 heteroatoms. The van der Waals surface area contributed by atoms with Gasteiger partial charge in [0.2, 0.25) is 9.84 Å². The van der Waals surface area contributed by atoms with Crippen molar-refractivity contribution in [3.63, 3.8) is 0 Å². The molecule has 0 unspecified atom stereocenters. The Hall–Kier alpha value is -3.99. The van der Waals surface area contributed by atoms with Gasteiger partial charge in [0.05, 0.1) is 32.8 Å². The Labute approximate surface area is 214 Å². The molecule has 1 atom stereocenters. The van der Waals surface area contributed by atoms with Gasteiger partial charge in [-0.1, -0.05) is 12.1 Å². The second kappa shape index (κ2) is 9.81. The van der Waals surface area contributed by atoms with Crippen molar-refractivity contribution in [3.8, 4) is 0 Å². The van der Waals surface area contributed by atoms with Gasteiger partial charge in [0, 0.05) is 30.6 Å². The molecule has 1 aliphatic carbocycles. The highest BCUT2D eigenvalue weighted by atomic mass is 32.2. The third-order valence-electron chi connectivity index (χ3n) is 6.66. The molecule has 1 aromatic heterocycles. The second-order valence-electron chi connectivity index (χ2n) is 9.19. The minimum Gasteiger partial charge on any atom is -0.396 e. The van der Waals surface area contributed by atoms with Crippen LogP contribution in [0.3, 0.4) is 0 Å². The molecule has 1 aliphatic rings. The number of carbonyl (C=O) groups is 1. The van der Waals surface area contributed by atoms with Crippen LogP contribution in [0.1, 0.15) is 58.7 Å². The van der Waals surface area contributed by atoms with Crippen molar-refractivity contribution >= 4 is 39.5 Å². The predicted octanol–water partition coefficient (Wildman–Crippen LogP) is 2.13. The predicted molar refractivity (Wildman–Crippen MR) is 140 cm³/mol. The van der Waals surface area contributed by atoms with E-state index < -0.39 is 27.6 Å². The molecule has 1 heterocycles. The lowest BCUT2D eigenvalue weighted by Gasteiger charge is -2.20. The van der Waals surface area contributed by atoms with Crippen molar-refractivity contribution in [2.24, 2.45) is 7.05 Å². The van der Waals surface area contributed by atoms with Crippen molar-refractivity contribution in [2.45, 2.75) is 48.6 Å². The van der Waals surface area contributed by atoms with Gasteiger partial charge in [0.15, 0.2) is 6.21 Å². The molecule has 2 aromatic carbocycles. The number of carbonyl (C=O) groups excluding carboxylic acids is 1. The first-order valence-corrected chi connectivity index (χ1v) is 13.2. The van der Waals surface area contributed by atoms with E-state index in [0.717, 1.165) is 48.0 Å². The zero-order valence-corrected chi connectivity index (χ0v) is 21.6. The molecule has 9 nitrogen and oxygen atoms in total. The molecular formula is C26H30FN6O3S+. The molecule has 0 spiro atoms. The van der Waals surface area contributed by atoms with E-state index in [-0.39, 0.29) is 26.7 Å². The fourth-order valence-corrected chi connectivity index (χ4v) is 5.80. The molecule has 4 rings (SSSR count). The molecule has 1 amide bonds. The monoisotopic (exact) mass is 525 g/mol. The number of aromatic nitrogens is 1. The summed E-state index contributed by atoms with van der Waals surface area (Å²) in [6.07, 6.45) is 4.44. The Morgan fingerprint density at radius 2 is 1.97 bits per heavy atom. The number of nitrogens with one attached hydrogen (secondary N) is 3. The van der Waals surface area contributed by atoms with Crippen LogP contribution in [0.5, 0.6) is 0 Å². The number of halogens is 1. The molecule has 7 N–H and O–H groups in total. The molecule has 0 aliphatic heterocycles. The van der Waals surface area contributed by atoms with E-state index in [1.54, 1.807) is 14.0 Å². The third kappa shape index (κ3) is 4.86. The van der Waals surface area contributed by atoms with Crippen molar-refractivity contribution < 1.29 is 23.0 Å². The Balaban J connectivity index is 1.66. The van der Waals surface area contributed by atoms with E-state index >= 15 is 0 Å². The van der Waals surface area contributed by atoms with E-state index in [1.165, 1.54) is 16.8 Å². The number of para-hydroxylation sites is 1. The van der Waals surface area contributed by atoms with Gasteiger partial charge < -0.3 is 26.3 Å². The van der Waals surface area contributed by atoms with E-state index in [2.05, 4.69) is 10.6 Å². The third-order valence-corrected chi connectivity index (χ3v) is 8.51. The van der Waals surface area contributed by atoms with Crippen LogP contribution >= 0.6 is 0 Å². The van der Waals surface area contributed by atoms with Crippen molar-refractivity contribution in [1.29, 1.82) is 5.41 Å². The van der Waals surface area contributed by atoms with Crippen LogP contribution in [0.15, 0.2) is 46.2 Å². The maximum Gasteiger partial charge on any atom is 0.268 e. The number of hydrogen-bond donors (Lipinski definition) is 5. The number of nitrogens with zero attached hydrogens (tertiary/aromatic N) is 1. The van der Waals surface area contributed by atoms with Gasteiger partial charge in [-0.15, -0.1) is 0 Å². The minimum atomic E-state index is -4.21. The minimum absolute atomic E-state index is 0.0495. The summed E-state index contributed by atoms with van der Waals surface area (Å²) in [5, 5.41) is 19.6. The Kier molecular flexibility index (Phi) is 6.92. The van der Waals surface area contributed by atoms with Crippen LogP contribution in [0.25, 0.3) is 0 Å². The highest BCUT2D eigenvalue weighted by molar-refractivity contribution is 7.91. The van der Waals surface area contributed by atoms with Gasteiger partial charge in [-0.25, -0.2) is 12.8 Å². The average Bonchev–Trinajstić information content (AvgIpc) is 3.63. The fraction of sp³-hybridized carbons (Fsp3) is 0.269. The maximum absolute atomic E-state index is 14.3. The normalized spacial score (nSPS) is 14.2. The zero-order chi connectivity index (χ0) is 27.1. The number of amides is 1. The Morgan fingerprint density at radius 1 is 1.27 bits per heavy atom. The standard InChI is InChI=1S/C26H29FN6O3S/c1-14(20-6-4-5-16(12-28)25(20)32-18-7-8-18)31-26(34)22-11-23(15(2)33(22)3)37(35,36)19-9-17(13-29)24(30)21(27)10-19/h4-6,9-14,18,28-29,32H,7-8,30H2,1-3H3,(H,31,34)/p+1/t14-/m0/s1. The lowest BCUT2D eigenvalue weighted by Crippen LogP contribution is -2.32. The van der Waals surface area contributed by atoms with Crippen LogP contribution in [-0.4, -0.2) is 37.4 Å². The number of nitrogen functional groups attached to an aromatic ring is 1. The van der Waals surface area contributed by atoms with Crippen LogP contribution in [-0.2, 0) is 16.9 Å². The summed E-state index contributed by atoms with van der Waals surface area (Å²) in [5.74, 6) is -1.41. The Morgan fingerprint density at radius 3 is 2.59 bits per heavy atom. The van der Waals surface area contributed by atoms with Gasteiger partial charge in [-0.05, 0) is 56.5 Å².